The van der Waals surface area contributed by atoms with E-state index in [1.807, 2.05) is 42.5 Å². The number of nitrogens with one attached hydrogen (secondary N) is 1. The maximum Gasteiger partial charge on any atom is 0.313 e. The van der Waals surface area contributed by atoms with Crippen LogP contribution < -0.4 is 10.1 Å². The Morgan fingerprint density at radius 3 is 2.47 bits per heavy atom. The molecule has 1 N–H and O–H groups in total. The van der Waals surface area contributed by atoms with E-state index in [0.29, 0.717) is 11.3 Å². The van der Waals surface area contributed by atoms with Crippen LogP contribution in [-0.4, -0.2) is 25.1 Å². The molecule has 152 valence electrons. The number of amides is 1. The molecule has 3 aromatic carbocycles. The van der Waals surface area contributed by atoms with Crippen molar-refractivity contribution < 1.29 is 19.1 Å². The summed E-state index contributed by atoms with van der Waals surface area (Å²) in [6.45, 7) is 3.26. The molecule has 0 fully saturated rings. The number of nitriles is 1. The Morgan fingerprint density at radius 1 is 1.00 bits per heavy atom. The van der Waals surface area contributed by atoms with Crippen molar-refractivity contribution in [2.45, 2.75) is 25.9 Å². The first kappa shape index (κ1) is 20.9. The smallest absolute Gasteiger partial charge is 0.313 e. The van der Waals surface area contributed by atoms with E-state index in [9.17, 15) is 9.59 Å². The van der Waals surface area contributed by atoms with Crippen molar-refractivity contribution in [3.05, 3.63) is 71.8 Å². The molecule has 3 rings (SSSR count). The van der Waals surface area contributed by atoms with Gasteiger partial charge in [0.05, 0.1) is 24.7 Å². The van der Waals surface area contributed by atoms with E-state index in [1.165, 1.54) is 6.92 Å². The number of benzene rings is 3. The van der Waals surface area contributed by atoms with Gasteiger partial charge in [-0.1, -0.05) is 30.3 Å². The highest BCUT2D eigenvalue weighted by Gasteiger charge is 2.23. The van der Waals surface area contributed by atoms with Crippen LogP contribution >= 0.6 is 0 Å². The van der Waals surface area contributed by atoms with E-state index in [-0.39, 0.29) is 0 Å². The zero-order valence-electron chi connectivity index (χ0n) is 17.0. The number of carbonyl (C=O) groups is 2. The van der Waals surface area contributed by atoms with Crippen LogP contribution in [0.3, 0.4) is 0 Å². The summed E-state index contributed by atoms with van der Waals surface area (Å²) in [4.78, 5) is 24.9. The fraction of sp³-hybridized carbons (Fsp3) is 0.208. The molecule has 0 spiro atoms. The van der Waals surface area contributed by atoms with Crippen LogP contribution in [0.5, 0.6) is 5.75 Å². The monoisotopic (exact) mass is 402 g/mol. The first-order chi connectivity index (χ1) is 14.4. The minimum absolute atomic E-state index is 0.431. The number of hydrogen-bond donors (Lipinski definition) is 1. The van der Waals surface area contributed by atoms with Crippen LogP contribution in [0.25, 0.3) is 10.8 Å². The summed E-state index contributed by atoms with van der Waals surface area (Å²) in [6.07, 6.45) is -0.976. The molecule has 0 bridgehead atoms. The Balaban J connectivity index is 1.66. The molecule has 30 heavy (non-hydrogen) atoms. The Kier molecular flexibility index (Phi) is 6.33. The first-order valence-corrected chi connectivity index (χ1v) is 9.50. The second-order valence-electron chi connectivity index (χ2n) is 6.96. The number of anilines is 1. The zero-order valence-corrected chi connectivity index (χ0v) is 17.0. The first-order valence-electron chi connectivity index (χ1n) is 9.50. The highest BCUT2D eigenvalue weighted by atomic mass is 16.5. The molecule has 2 atom stereocenters. The Morgan fingerprint density at radius 2 is 1.73 bits per heavy atom. The van der Waals surface area contributed by atoms with Gasteiger partial charge in [0.1, 0.15) is 5.75 Å². The van der Waals surface area contributed by atoms with E-state index >= 15 is 0 Å². The third kappa shape index (κ3) is 4.76. The summed E-state index contributed by atoms with van der Waals surface area (Å²) in [7, 11) is 1.62. The number of ether oxygens (including phenoxy) is 2. The molecule has 6 heteroatoms. The lowest BCUT2D eigenvalue weighted by atomic mass is 9.98. The van der Waals surface area contributed by atoms with Crippen molar-refractivity contribution in [2.24, 2.45) is 0 Å². The van der Waals surface area contributed by atoms with Gasteiger partial charge in [0, 0.05) is 5.69 Å². The van der Waals surface area contributed by atoms with Gasteiger partial charge in [0.25, 0.3) is 5.91 Å². The minimum Gasteiger partial charge on any atom is -0.497 e. The maximum atomic E-state index is 12.6. The van der Waals surface area contributed by atoms with Gasteiger partial charge in [0.15, 0.2) is 6.10 Å². The minimum atomic E-state index is -0.976. The van der Waals surface area contributed by atoms with Crippen molar-refractivity contribution >= 4 is 28.3 Å². The van der Waals surface area contributed by atoms with Gasteiger partial charge in [-0.3, -0.25) is 9.59 Å². The molecule has 0 aliphatic carbocycles. The second-order valence-corrected chi connectivity index (χ2v) is 6.96. The van der Waals surface area contributed by atoms with Crippen molar-refractivity contribution in [3.63, 3.8) is 0 Å². The molecule has 1 amide bonds. The molecule has 0 unspecified atom stereocenters. The lowest BCUT2D eigenvalue weighted by Crippen LogP contribution is -2.31. The van der Waals surface area contributed by atoms with Gasteiger partial charge in [0.2, 0.25) is 0 Å². The topological polar surface area (TPSA) is 88.4 Å². The third-order valence-corrected chi connectivity index (χ3v) is 4.85. The number of rotatable bonds is 6. The van der Waals surface area contributed by atoms with E-state index in [1.54, 1.807) is 38.3 Å². The summed E-state index contributed by atoms with van der Waals surface area (Å²) in [5, 5.41) is 13.6. The average molecular weight is 402 g/mol. The molecular weight excluding hydrogens is 380 g/mol. The fourth-order valence-corrected chi connectivity index (χ4v) is 3.01. The Labute approximate surface area is 175 Å². The van der Waals surface area contributed by atoms with Gasteiger partial charge < -0.3 is 14.8 Å². The van der Waals surface area contributed by atoms with Gasteiger partial charge >= 0.3 is 5.97 Å². The summed E-state index contributed by atoms with van der Waals surface area (Å²) in [6, 6.07) is 20.0. The maximum absolute atomic E-state index is 12.6. The lowest BCUT2D eigenvalue weighted by molar-refractivity contribution is -0.154. The Hall–Kier alpha value is -3.85. The number of fused-ring (bicyclic) bond motifs is 1. The van der Waals surface area contributed by atoms with Crippen molar-refractivity contribution in [1.82, 2.24) is 0 Å². The van der Waals surface area contributed by atoms with E-state index in [4.69, 9.17) is 14.7 Å². The predicted molar refractivity (Wildman–Crippen MR) is 114 cm³/mol. The summed E-state index contributed by atoms with van der Waals surface area (Å²) in [5.74, 6) is -0.718. The molecule has 0 saturated heterocycles. The highest BCUT2D eigenvalue weighted by Crippen LogP contribution is 2.26. The molecule has 0 aliphatic rings. The SMILES string of the molecule is COc1ccc2cc([C@H](C)C(=O)O[C@@H](C)C(=O)Nc3cccc(C#N)c3)ccc2c1. The van der Waals surface area contributed by atoms with Gasteiger partial charge in [-0.05, 0) is 60.5 Å². The second kappa shape index (κ2) is 9.10. The van der Waals surface area contributed by atoms with Crippen molar-refractivity contribution in [3.8, 4) is 11.8 Å². The largest absolute Gasteiger partial charge is 0.497 e. The summed E-state index contributed by atoms with van der Waals surface area (Å²) < 4.78 is 10.6. The molecule has 0 aliphatic heterocycles. The standard InChI is InChI=1S/C24H22N2O4/c1-15(18-7-8-20-13-22(29-3)10-9-19(20)12-18)24(28)30-16(2)23(27)26-21-6-4-5-17(11-21)14-25/h4-13,15-16H,1-3H3,(H,26,27)/t15-,16-/m0/s1. The summed E-state index contributed by atoms with van der Waals surface area (Å²) in [5.41, 5.74) is 1.70. The van der Waals surface area contributed by atoms with E-state index in [2.05, 4.69) is 5.32 Å². The van der Waals surface area contributed by atoms with Crippen molar-refractivity contribution in [2.75, 3.05) is 12.4 Å². The zero-order chi connectivity index (χ0) is 21.7. The fourth-order valence-electron chi connectivity index (χ4n) is 3.01. The van der Waals surface area contributed by atoms with Crippen LogP contribution in [0.1, 0.15) is 30.9 Å². The van der Waals surface area contributed by atoms with Crippen LogP contribution in [0.4, 0.5) is 5.69 Å². The lowest BCUT2D eigenvalue weighted by Gasteiger charge is -2.17. The number of esters is 1. The summed E-state index contributed by atoms with van der Waals surface area (Å²) >= 11 is 0. The van der Waals surface area contributed by atoms with E-state index < -0.39 is 23.9 Å². The molecule has 3 aromatic rings. The molecule has 0 aromatic heterocycles. The van der Waals surface area contributed by atoms with Crippen LogP contribution in [0, 0.1) is 11.3 Å². The molecule has 0 heterocycles. The normalized spacial score (nSPS) is 12.5. The van der Waals surface area contributed by atoms with Crippen LogP contribution in [0.15, 0.2) is 60.7 Å². The number of nitrogens with zero attached hydrogens (tertiary/aromatic N) is 1. The quantitative estimate of drug-likeness (QED) is 0.618. The van der Waals surface area contributed by atoms with Crippen LogP contribution in [-0.2, 0) is 14.3 Å². The van der Waals surface area contributed by atoms with E-state index in [0.717, 1.165) is 22.1 Å². The number of carbonyl (C=O) groups excluding carboxylic acids is 2. The average Bonchev–Trinajstić information content (AvgIpc) is 2.77. The number of methoxy groups -OCH3 is 1. The number of hydrogen-bond acceptors (Lipinski definition) is 5. The van der Waals surface area contributed by atoms with Gasteiger partial charge in [-0.25, -0.2) is 0 Å². The molecule has 0 saturated carbocycles. The predicted octanol–water partition coefficient (Wildman–Crippen LogP) is 4.39. The van der Waals surface area contributed by atoms with Crippen molar-refractivity contribution in [1.29, 1.82) is 5.26 Å². The highest BCUT2D eigenvalue weighted by molar-refractivity contribution is 5.95. The molecule has 0 radical (unpaired) electrons. The third-order valence-electron chi connectivity index (χ3n) is 4.85. The molecular formula is C24H22N2O4. The van der Waals surface area contributed by atoms with Gasteiger partial charge in [-0.2, -0.15) is 5.26 Å². The Bertz CT molecular complexity index is 1130. The molecule has 6 nitrogen and oxygen atoms in total. The van der Waals surface area contributed by atoms with Crippen LogP contribution in [0.2, 0.25) is 0 Å². The van der Waals surface area contributed by atoms with Gasteiger partial charge in [-0.15, -0.1) is 0 Å².